The number of imidazole rings is 1. The first-order valence-corrected chi connectivity index (χ1v) is 12.8. The highest BCUT2D eigenvalue weighted by Crippen LogP contribution is 2.42. The summed E-state index contributed by atoms with van der Waals surface area (Å²) >= 11 is 12.8. The molecule has 40 heavy (non-hydrogen) atoms. The molecule has 6 rings (SSSR count). The maximum absolute atomic E-state index is 13.4. The predicted octanol–water partition coefficient (Wildman–Crippen LogP) is 3.96. The number of aromatic nitrogens is 7. The molecule has 0 radical (unpaired) electrons. The van der Waals surface area contributed by atoms with E-state index in [-0.39, 0.29) is 23.1 Å². The molecular weight excluding hydrogens is 559 g/mol. The highest BCUT2D eigenvalue weighted by atomic mass is 35.5. The van der Waals surface area contributed by atoms with Crippen molar-refractivity contribution in [3.8, 4) is 28.1 Å². The summed E-state index contributed by atoms with van der Waals surface area (Å²) in [4.78, 5) is 19.8. The van der Waals surface area contributed by atoms with Crippen LogP contribution in [0.25, 0.3) is 28.1 Å². The van der Waals surface area contributed by atoms with E-state index < -0.39 is 11.7 Å². The number of carbonyl (C=O) groups is 1. The number of nitrogens with zero attached hydrogens (tertiary/aromatic N) is 7. The van der Waals surface area contributed by atoms with Gasteiger partial charge in [0.2, 0.25) is 11.3 Å². The van der Waals surface area contributed by atoms with Crippen molar-refractivity contribution in [2.75, 3.05) is 11.9 Å². The van der Waals surface area contributed by atoms with Gasteiger partial charge in [0.05, 0.1) is 5.69 Å². The zero-order valence-corrected chi connectivity index (χ0v) is 22.3. The average molecular weight is 579 g/mol. The molecule has 3 N–H and O–H groups in total. The SMILES string of the molecule is CN(C(=O)O)c1ccc(-c2nc([C@@]3(O)CCc4cc(-c5cc(Cl)ccc5-n5cnnn5)c[n+]([O-])c43)[nH]c2Cl)cc1. The number of rotatable bonds is 5. The van der Waals surface area contributed by atoms with Crippen molar-refractivity contribution in [2.24, 2.45) is 0 Å². The number of aliphatic hydroxyl groups is 1. The minimum Gasteiger partial charge on any atom is -0.618 e. The molecule has 0 spiro atoms. The van der Waals surface area contributed by atoms with E-state index in [4.69, 9.17) is 23.2 Å². The molecule has 1 aliphatic carbocycles. The summed E-state index contributed by atoms with van der Waals surface area (Å²) in [7, 11) is 1.44. The van der Waals surface area contributed by atoms with Crippen LogP contribution in [0, 0.1) is 5.21 Å². The quantitative estimate of drug-likeness (QED) is 0.208. The second-order valence-electron chi connectivity index (χ2n) is 9.34. The van der Waals surface area contributed by atoms with Crippen molar-refractivity contribution in [3.63, 3.8) is 0 Å². The highest BCUT2D eigenvalue weighted by Gasteiger charge is 2.49. The van der Waals surface area contributed by atoms with Crippen LogP contribution in [0.3, 0.4) is 0 Å². The van der Waals surface area contributed by atoms with Crippen LogP contribution in [0.15, 0.2) is 61.1 Å². The Morgan fingerprint density at radius 3 is 2.65 bits per heavy atom. The number of halogens is 2. The summed E-state index contributed by atoms with van der Waals surface area (Å²) in [5.41, 5.74) is 2.38. The van der Waals surface area contributed by atoms with Crippen LogP contribution in [0.5, 0.6) is 0 Å². The van der Waals surface area contributed by atoms with Crippen molar-refractivity contribution in [2.45, 2.75) is 18.4 Å². The molecule has 1 atom stereocenters. The lowest BCUT2D eigenvalue weighted by Crippen LogP contribution is -2.42. The molecule has 0 fully saturated rings. The monoisotopic (exact) mass is 578 g/mol. The molecule has 2 aromatic carbocycles. The number of hydrogen-bond donors (Lipinski definition) is 3. The third-order valence-electron chi connectivity index (χ3n) is 6.99. The van der Waals surface area contributed by atoms with E-state index >= 15 is 0 Å². The van der Waals surface area contributed by atoms with Gasteiger partial charge in [0.25, 0.3) is 0 Å². The minimum absolute atomic E-state index is 0.132. The van der Waals surface area contributed by atoms with Gasteiger partial charge < -0.3 is 20.4 Å². The summed E-state index contributed by atoms with van der Waals surface area (Å²) in [6.45, 7) is 0. The first kappa shape index (κ1) is 25.7. The molecule has 0 saturated heterocycles. The van der Waals surface area contributed by atoms with Gasteiger partial charge in [0.1, 0.15) is 17.2 Å². The fourth-order valence-corrected chi connectivity index (χ4v) is 5.39. The van der Waals surface area contributed by atoms with Crippen LogP contribution in [0.1, 0.15) is 23.5 Å². The summed E-state index contributed by atoms with van der Waals surface area (Å²) in [6.07, 6.45) is 2.34. The molecule has 1 aliphatic rings. The fourth-order valence-electron chi connectivity index (χ4n) is 4.98. The zero-order chi connectivity index (χ0) is 28.2. The van der Waals surface area contributed by atoms with Crippen LogP contribution in [-0.2, 0) is 12.0 Å². The van der Waals surface area contributed by atoms with Gasteiger partial charge in [-0.3, -0.25) is 4.90 Å². The van der Waals surface area contributed by atoms with Crippen molar-refractivity contribution in [1.29, 1.82) is 0 Å². The van der Waals surface area contributed by atoms with Gasteiger partial charge in [-0.2, -0.15) is 9.41 Å². The summed E-state index contributed by atoms with van der Waals surface area (Å²) in [5, 5.41) is 46.4. The fraction of sp³-hybridized carbons (Fsp3) is 0.154. The van der Waals surface area contributed by atoms with E-state index in [1.807, 2.05) is 6.07 Å². The number of aromatic amines is 1. The van der Waals surface area contributed by atoms with E-state index in [0.717, 1.165) is 4.90 Å². The molecule has 12 nitrogen and oxygen atoms in total. The molecule has 3 aromatic heterocycles. The molecule has 202 valence electrons. The molecule has 1 amide bonds. The lowest BCUT2D eigenvalue weighted by Gasteiger charge is -2.20. The van der Waals surface area contributed by atoms with Crippen LogP contribution in [-0.4, -0.2) is 53.5 Å². The predicted molar refractivity (Wildman–Crippen MR) is 145 cm³/mol. The number of hydrogen-bond acceptors (Lipinski definition) is 7. The minimum atomic E-state index is -1.71. The molecule has 0 aliphatic heterocycles. The number of tetrazole rings is 1. The van der Waals surface area contributed by atoms with Crippen molar-refractivity contribution in [3.05, 3.63) is 93.5 Å². The largest absolute Gasteiger partial charge is 0.618 e. The molecule has 5 aromatic rings. The third kappa shape index (κ3) is 4.22. The van der Waals surface area contributed by atoms with Crippen LogP contribution < -0.4 is 9.63 Å². The lowest BCUT2D eigenvalue weighted by molar-refractivity contribution is -0.620. The number of benzene rings is 2. The molecule has 0 bridgehead atoms. The molecular formula is C26H20Cl2N8O4. The number of pyridine rings is 1. The molecule has 0 unspecified atom stereocenters. The van der Waals surface area contributed by atoms with E-state index in [1.54, 1.807) is 42.5 Å². The Hall–Kier alpha value is -4.52. The van der Waals surface area contributed by atoms with Crippen molar-refractivity contribution >= 4 is 35.0 Å². The Kier molecular flexibility index (Phi) is 6.17. The number of anilines is 1. The number of fused-ring (bicyclic) bond motifs is 1. The van der Waals surface area contributed by atoms with E-state index in [1.165, 1.54) is 24.3 Å². The zero-order valence-electron chi connectivity index (χ0n) is 20.8. The maximum atomic E-state index is 13.4. The van der Waals surface area contributed by atoms with E-state index in [0.29, 0.717) is 55.5 Å². The van der Waals surface area contributed by atoms with Crippen LogP contribution >= 0.6 is 23.2 Å². The molecule has 0 saturated carbocycles. The third-order valence-corrected chi connectivity index (χ3v) is 7.50. The van der Waals surface area contributed by atoms with Crippen LogP contribution in [0.4, 0.5) is 10.5 Å². The number of aryl methyl sites for hydroxylation is 1. The highest BCUT2D eigenvalue weighted by molar-refractivity contribution is 6.32. The van der Waals surface area contributed by atoms with Crippen molar-refractivity contribution in [1.82, 2.24) is 30.2 Å². The topological polar surface area (TPSA) is 160 Å². The molecule has 14 heteroatoms. The number of amides is 1. The number of nitrogens with one attached hydrogen (secondary N) is 1. The van der Waals surface area contributed by atoms with Gasteiger partial charge in [-0.05, 0) is 59.7 Å². The lowest BCUT2D eigenvalue weighted by atomic mass is 9.98. The summed E-state index contributed by atoms with van der Waals surface area (Å²) < 4.78 is 2.12. The average Bonchev–Trinajstić information content (AvgIpc) is 3.68. The Morgan fingerprint density at radius 2 is 1.95 bits per heavy atom. The summed E-state index contributed by atoms with van der Waals surface area (Å²) in [6, 6.07) is 13.6. The Morgan fingerprint density at radius 1 is 1.18 bits per heavy atom. The Labute approximate surface area is 236 Å². The van der Waals surface area contributed by atoms with Gasteiger partial charge in [0.15, 0.2) is 12.0 Å². The van der Waals surface area contributed by atoms with E-state index in [9.17, 15) is 20.2 Å². The van der Waals surface area contributed by atoms with Crippen LogP contribution in [0.2, 0.25) is 10.2 Å². The number of H-pyrrole nitrogens is 1. The normalized spacial score (nSPS) is 16.2. The van der Waals surface area contributed by atoms with Gasteiger partial charge >= 0.3 is 6.09 Å². The van der Waals surface area contributed by atoms with Gasteiger partial charge in [0, 0.05) is 40.0 Å². The first-order valence-electron chi connectivity index (χ1n) is 12.0. The smallest absolute Gasteiger partial charge is 0.411 e. The van der Waals surface area contributed by atoms with Crippen molar-refractivity contribution < 1.29 is 19.7 Å². The van der Waals surface area contributed by atoms with E-state index in [2.05, 4.69) is 25.5 Å². The van der Waals surface area contributed by atoms with Gasteiger partial charge in [-0.15, -0.1) is 5.10 Å². The second kappa shape index (κ2) is 9.59. The molecule has 3 heterocycles. The maximum Gasteiger partial charge on any atom is 0.411 e. The Bertz CT molecular complexity index is 1760. The summed E-state index contributed by atoms with van der Waals surface area (Å²) in [5.74, 6) is 0.132. The van der Waals surface area contributed by atoms with Gasteiger partial charge in [-0.25, -0.2) is 9.78 Å². The number of carboxylic acid groups (broad SMARTS) is 1. The second-order valence-corrected chi connectivity index (χ2v) is 10.2. The van der Waals surface area contributed by atoms with Gasteiger partial charge in [-0.1, -0.05) is 35.3 Å². The first-order chi connectivity index (χ1) is 19.2. The Balaban J connectivity index is 1.38. The standard InChI is InChI=1S/C26H20Cl2N8O4/c1-34(25(37)38)18-5-2-14(3-6-18)21-23(28)31-24(30-21)26(39)9-8-15-10-16(12-36(40)22(15)26)19-11-17(27)4-7-20(19)35-13-29-32-33-35/h2-7,10-13,39H,8-9H2,1H3,(H,30,31)(H,37,38)/t26-/m1/s1.